The number of carbonyl (C=O) groups is 2. The lowest BCUT2D eigenvalue weighted by atomic mass is 9.99. The third kappa shape index (κ3) is 9.41. The first-order valence-electron chi connectivity index (χ1n) is 14.3. The normalized spacial score (nSPS) is 20.7. The molecule has 1 aliphatic heterocycles. The lowest BCUT2D eigenvalue weighted by Crippen LogP contribution is -2.60. The van der Waals surface area contributed by atoms with Crippen LogP contribution in [0.15, 0.2) is 34.3 Å². The molecular formula is C29H40N6O13. The third-order valence-electron chi connectivity index (χ3n) is 7.00. The summed E-state index contributed by atoms with van der Waals surface area (Å²) in [4.78, 5) is 32.5. The van der Waals surface area contributed by atoms with E-state index in [2.05, 4.69) is 15.3 Å². The first kappa shape index (κ1) is 37.2. The molecule has 19 nitrogen and oxygen atoms in total. The number of esters is 1. The van der Waals surface area contributed by atoms with Crippen molar-refractivity contribution in [3.05, 3.63) is 41.0 Å². The van der Waals surface area contributed by atoms with E-state index in [1.54, 1.807) is 0 Å². The quantitative estimate of drug-likeness (QED) is 0.0330. The average molecular weight is 681 g/mol. The highest BCUT2D eigenvalue weighted by Gasteiger charge is 2.46. The highest BCUT2D eigenvalue weighted by atomic mass is 16.7. The first-order valence-corrected chi connectivity index (χ1v) is 14.3. The largest absolute Gasteiger partial charge is 0.502 e. The molecule has 19 heteroatoms. The number of aliphatic imine (C=N–C) groups is 2. The van der Waals surface area contributed by atoms with Gasteiger partial charge >= 0.3 is 11.9 Å². The van der Waals surface area contributed by atoms with Crippen molar-refractivity contribution in [2.45, 2.75) is 43.5 Å². The molecular weight excluding hydrogens is 640 g/mol. The number of aliphatic hydroxyl groups is 3. The number of benzene rings is 2. The van der Waals surface area contributed by atoms with Gasteiger partial charge in [-0.3, -0.25) is 9.98 Å². The van der Waals surface area contributed by atoms with Crippen LogP contribution in [-0.4, -0.2) is 121 Å². The Morgan fingerprint density at radius 1 is 0.958 bits per heavy atom. The highest BCUT2D eigenvalue weighted by molar-refractivity contribution is 5.91. The number of nitrogens with zero attached hydrogens (tertiary/aromatic N) is 2. The number of ether oxygens (including phenoxy) is 6. The third-order valence-corrected chi connectivity index (χ3v) is 7.00. The van der Waals surface area contributed by atoms with E-state index in [0.717, 1.165) is 6.07 Å². The molecule has 0 spiro atoms. The lowest BCUT2D eigenvalue weighted by molar-refractivity contribution is -0.277. The molecule has 0 saturated carbocycles. The van der Waals surface area contributed by atoms with E-state index in [0.29, 0.717) is 6.42 Å². The number of guanidine groups is 2. The molecule has 0 amide bonds. The fraction of sp³-hybridized carbons (Fsp3) is 0.448. The maximum absolute atomic E-state index is 12.9. The molecule has 48 heavy (non-hydrogen) atoms. The van der Waals surface area contributed by atoms with E-state index >= 15 is 0 Å². The average Bonchev–Trinajstić information content (AvgIpc) is 3.06. The number of phenols is 1. The van der Waals surface area contributed by atoms with Crippen molar-refractivity contribution in [2.24, 2.45) is 27.2 Å². The van der Waals surface area contributed by atoms with Crippen LogP contribution in [0.4, 0.5) is 0 Å². The summed E-state index contributed by atoms with van der Waals surface area (Å²) in [5.74, 6) is -2.99. The number of aromatic carboxylic acids is 1. The molecule has 264 valence electrons. The minimum absolute atomic E-state index is 0.0223. The second-order valence-corrected chi connectivity index (χ2v) is 10.2. The molecule has 2 aromatic carbocycles. The number of hydrogen-bond acceptors (Lipinski definition) is 14. The highest BCUT2D eigenvalue weighted by Crippen LogP contribution is 2.38. The van der Waals surface area contributed by atoms with Crippen molar-refractivity contribution < 1.29 is 63.5 Å². The van der Waals surface area contributed by atoms with Gasteiger partial charge in [0, 0.05) is 13.6 Å². The van der Waals surface area contributed by atoms with E-state index in [-0.39, 0.29) is 77.1 Å². The van der Waals surface area contributed by atoms with Crippen LogP contribution in [-0.2, 0) is 15.9 Å². The Kier molecular flexibility index (Phi) is 13.2. The number of aliphatic hydroxyl groups excluding tert-OH is 3. The number of nitrogens with two attached hydrogens (primary N) is 3. The molecule has 2 aromatic rings. The molecule has 1 heterocycles. The molecule has 1 saturated heterocycles. The zero-order chi connectivity index (χ0) is 35.5. The molecule has 12 N–H and O–H groups in total. The van der Waals surface area contributed by atoms with Gasteiger partial charge in [0.05, 0.1) is 25.3 Å². The SMILES string of the molecule is CN=C(N)NCOc1cc(C(=O)O)cc(CCCN=C(N)N)c1O[C@@H]1O[C@H](COC(=O)c2cc(OC)c(O)c(OC)c2)[C@@H](O)[C@H](O)[C@H]1O. The predicted molar refractivity (Wildman–Crippen MR) is 167 cm³/mol. The van der Waals surface area contributed by atoms with Crippen LogP contribution in [0.1, 0.15) is 32.7 Å². The molecule has 0 aromatic heterocycles. The standard InChI is InChI=1S/C29H40N6O13/c1-33-29(32)35-12-46-18-8-14(25(40)41)7-13(5-4-6-34-28(30)31)24(18)48-27-23(39)22(38)21(37)19(47-27)11-45-26(42)15-9-16(43-2)20(36)17(10-15)44-3/h7-10,19,21-23,27,36-39H,4-6,11-12H2,1-3H3,(H,40,41)(H4,30,31,34)(H3,32,33,35)/t19-,21-,22+,23-,27+/m1/s1. The van der Waals surface area contributed by atoms with E-state index in [1.165, 1.54) is 39.5 Å². The number of hydrogen-bond donors (Lipinski definition) is 9. The Labute approximate surface area is 274 Å². The van der Waals surface area contributed by atoms with Crippen LogP contribution in [0.5, 0.6) is 28.7 Å². The van der Waals surface area contributed by atoms with Gasteiger partial charge in [-0.15, -0.1) is 0 Å². The monoisotopic (exact) mass is 680 g/mol. The maximum atomic E-state index is 12.9. The number of carboxylic acid groups (broad SMARTS) is 1. The molecule has 5 atom stereocenters. The van der Waals surface area contributed by atoms with Gasteiger partial charge in [0.1, 0.15) is 31.0 Å². The fourth-order valence-electron chi connectivity index (χ4n) is 4.47. The molecule has 1 fully saturated rings. The van der Waals surface area contributed by atoms with Gasteiger partial charge in [0.25, 0.3) is 0 Å². The summed E-state index contributed by atoms with van der Waals surface area (Å²) in [5.41, 5.74) is 16.5. The van der Waals surface area contributed by atoms with E-state index in [4.69, 9.17) is 45.6 Å². The molecule has 0 unspecified atom stereocenters. The van der Waals surface area contributed by atoms with E-state index in [9.17, 15) is 35.1 Å². The van der Waals surface area contributed by atoms with Crippen LogP contribution in [0, 0.1) is 0 Å². The minimum atomic E-state index is -1.84. The van der Waals surface area contributed by atoms with Gasteiger partial charge in [0.15, 0.2) is 41.6 Å². The van der Waals surface area contributed by atoms with Crippen molar-refractivity contribution in [1.29, 1.82) is 0 Å². The lowest BCUT2D eigenvalue weighted by Gasteiger charge is -2.40. The number of aromatic hydroxyl groups is 1. The first-order chi connectivity index (χ1) is 22.8. The Morgan fingerprint density at radius 3 is 2.19 bits per heavy atom. The Balaban J connectivity index is 1.90. The summed E-state index contributed by atoms with van der Waals surface area (Å²) in [6, 6.07) is 4.89. The van der Waals surface area contributed by atoms with Crippen molar-refractivity contribution >= 4 is 23.9 Å². The summed E-state index contributed by atoms with van der Waals surface area (Å²) in [6.07, 6.45) is -8.04. The van der Waals surface area contributed by atoms with Crippen molar-refractivity contribution in [1.82, 2.24) is 5.32 Å². The minimum Gasteiger partial charge on any atom is -0.502 e. The molecule has 0 aliphatic carbocycles. The van der Waals surface area contributed by atoms with Gasteiger partial charge in [-0.05, 0) is 42.7 Å². The van der Waals surface area contributed by atoms with E-state index in [1.807, 2.05) is 0 Å². The molecule has 3 rings (SSSR count). The van der Waals surface area contributed by atoms with Gasteiger partial charge in [-0.2, -0.15) is 0 Å². The number of nitrogens with one attached hydrogen (secondary N) is 1. The summed E-state index contributed by atoms with van der Waals surface area (Å²) in [6.45, 7) is -0.724. The summed E-state index contributed by atoms with van der Waals surface area (Å²) < 4.78 is 32.9. The van der Waals surface area contributed by atoms with E-state index < -0.39 is 49.3 Å². The number of methoxy groups -OCH3 is 2. The number of rotatable bonds is 15. The van der Waals surface area contributed by atoms with Gasteiger partial charge in [0.2, 0.25) is 12.0 Å². The Morgan fingerprint density at radius 2 is 1.60 bits per heavy atom. The topological polar surface area (TPSA) is 305 Å². The van der Waals surface area contributed by atoms with Gasteiger partial charge < -0.3 is 76.5 Å². The van der Waals surface area contributed by atoms with Crippen LogP contribution < -0.4 is 41.5 Å². The number of carboxylic acids is 1. The zero-order valence-corrected chi connectivity index (χ0v) is 26.4. The second-order valence-electron chi connectivity index (χ2n) is 10.2. The molecule has 1 aliphatic rings. The van der Waals surface area contributed by atoms with Gasteiger partial charge in [-0.1, -0.05) is 0 Å². The number of aryl methyl sites for hydroxylation is 1. The Bertz CT molecular complexity index is 1480. The summed E-state index contributed by atoms with van der Waals surface area (Å²) >= 11 is 0. The van der Waals surface area contributed by atoms with Crippen molar-refractivity contribution in [3.8, 4) is 28.7 Å². The van der Waals surface area contributed by atoms with Crippen LogP contribution in [0.2, 0.25) is 0 Å². The van der Waals surface area contributed by atoms with Gasteiger partial charge in [-0.25, -0.2) is 9.59 Å². The van der Waals surface area contributed by atoms with Crippen molar-refractivity contribution in [3.63, 3.8) is 0 Å². The second kappa shape index (κ2) is 17.1. The summed E-state index contributed by atoms with van der Waals surface area (Å²) in [5, 5.41) is 54.7. The van der Waals surface area contributed by atoms with Crippen molar-refractivity contribution in [2.75, 3.05) is 41.1 Å². The Hall–Kier alpha value is -5.24. The maximum Gasteiger partial charge on any atom is 0.338 e. The fourth-order valence-corrected chi connectivity index (χ4v) is 4.47. The smallest absolute Gasteiger partial charge is 0.338 e. The summed E-state index contributed by atoms with van der Waals surface area (Å²) in [7, 11) is 3.98. The number of phenolic OH excluding ortho intramolecular Hbond substituents is 1. The van der Waals surface area contributed by atoms with Crippen LogP contribution in [0.25, 0.3) is 0 Å². The molecule has 0 bridgehead atoms. The van der Waals surface area contributed by atoms with Crippen LogP contribution >= 0.6 is 0 Å². The predicted octanol–water partition coefficient (Wildman–Crippen LogP) is -1.77. The number of carbonyl (C=O) groups excluding carboxylic acids is 1. The molecule has 0 radical (unpaired) electrons. The zero-order valence-electron chi connectivity index (χ0n) is 26.4. The van der Waals surface area contributed by atoms with Crippen LogP contribution in [0.3, 0.4) is 0 Å².